The Hall–Kier alpha value is -1.87. The highest BCUT2D eigenvalue weighted by Gasteiger charge is 2.33. The van der Waals surface area contributed by atoms with Gasteiger partial charge in [-0.05, 0) is 24.7 Å². The van der Waals surface area contributed by atoms with E-state index in [1.807, 2.05) is 0 Å². The molecule has 0 aliphatic heterocycles. The summed E-state index contributed by atoms with van der Waals surface area (Å²) in [5.74, 6) is -2.59. The number of nitrogens with one attached hydrogen (secondary N) is 1. The minimum Gasteiger partial charge on any atom is -0.481 e. The van der Waals surface area contributed by atoms with Crippen LogP contribution in [0.25, 0.3) is 0 Å². The van der Waals surface area contributed by atoms with Gasteiger partial charge < -0.3 is 10.4 Å². The summed E-state index contributed by atoms with van der Waals surface area (Å²) in [5, 5.41) is 10.8. The molecule has 0 saturated carbocycles. The predicted molar refractivity (Wildman–Crippen MR) is 80.2 cm³/mol. The molecule has 0 atom stereocenters. The summed E-state index contributed by atoms with van der Waals surface area (Å²) < 4.78 is 51.3. The fourth-order valence-electron chi connectivity index (χ4n) is 1.83. The Morgan fingerprint density at radius 3 is 2.46 bits per heavy atom. The van der Waals surface area contributed by atoms with E-state index in [9.17, 15) is 27.2 Å². The summed E-state index contributed by atoms with van der Waals surface area (Å²) in [6, 6.07) is 2.22. The van der Waals surface area contributed by atoms with Crippen molar-refractivity contribution in [2.45, 2.75) is 19.1 Å². The Bertz CT molecular complexity index is 582. The van der Waals surface area contributed by atoms with E-state index in [-0.39, 0.29) is 37.5 Å². The Balaban J connectivity index is 0.00000529. The number of carboxylic acid groups (broad SMARTS) is 1. The monoisotopic (exact) mass is 372 g/mol. The van der Waals surface area contributed by atoms with Crippen molar-refractivity contribution >= 4 is 24.3 Å². The number of rotatable bonds is 7. The van der Waals surface area contributed by atoms with Gasteiger partial charge in [0.15, 0.2) is 0 Å². The minimum atomic E-state index is -4.72. The van der Waals surface area contributed by atoms with Crippen LogP contribution in [0.15, 0.2) is 18.2 Å². The highest BCUT2D eigenvalue weighted by atomic mass is 35.5. The zero-order valence-corrected chi connectivity index (χ0v) is 13.5. The molecule has 136 valence electrons. The van der Waals surface area contributed by atoms with Crippen LogP contribution in [0.2, 0.25) is 0 Å². The van der Waals surface area contributed by atoms with Crippen molar-refractivity contribution in [2.24, 2.45) is 0 Å². The lowest BCUT2D eigenvalue weighted by Crippen LogP contribution is -2.36. The number of carbonyl (C=O) groups excluding carboxylic acids is 1. The molecule has 1 rings (SSSR count). The summed E-state index contributed by atoms with van der Waals surface area (Å²) in [5.41, 5.74) is -1.39. The standard InChI is InChI=1S/C14H16F4N2O3.ClH/c1-20(5-4-13(22)23)8-12(21)19-7-9-2-3-10(15)6-11(9)14(16,17)18;/h2-3,6H,4-5,7-8H2,1H3,(H,19,21)(H,22,23);1H. The Morgan fingerprint density at radius 2 is 1.92 bits per heavy atom. The predicted octanol–water partition coefficient (Wildman–Crippen LogP) is 2.29. The molecule has 0 fully saturated rings. The van der Waals surface area contributed by atoms with Crippen molar-refractivity contribution in [1.29, 1.82) is 0 Å². The van der Waals surface area contributed by atoms with Gasteiger partial charge >= 0.3 is 12.1 Å². The van der Waals surface area contributed by atoms with E-state index < -0.39 is 36.0 Å². The lowest BCUT2D eigenvalue weighted by molar-refractivity contribution is -0.139. The maximum Gasteiger partial charge on any atom is 0.416 e. The number of benzene rings is 1. The van der Waals surface area contributed by atoms with Crippen molar-refractivity contribution in [1.82, 2.24) is 10.2 Å². The lowest BCUT2D eigenvalue weighted by atomic mass is 10.1. The third-order valence-corrected chi connectivity index (χ3v) is 2.97. The molecule has 0 radical (unpaired) electrons. The smallest absolute Gasteiger partial charge is 0.416 e. The first kappa shape index (κ1) is 22.1. The van der Waals surface area contributed by atoms with Gasteiger partial charge in [-0.25, -0.2) is 4.39 Å². The molecule has 0 aromatic heterocycles. The van der Waals surface area contributed by atoms with Crippen LogP contribution in [0.4, 0.5) is 17.6 Å². The third-order valence-electron chi connectivity index (χ3n) is 2.97. The van der Waals surface area contributed by atoms with Crippen LogP contribution in [0, 0.1) is 5.82 Å². The molecule has 1 aromatic carbocycles. The maximum atomic E-state index is 13.0. The van der Waals surface area contributed by atoms with E-state index in [2.05, 4.69) is 5.32 Å². The molecule has 0 spiro atoms. The van der Waals surface area contributed by atoms with E-state index in [0.29, 0.717) is 6.07 Å². The summed E-state index contributed by atoms with van der Waals surface area (Å²) in [4.78, 5) is 23.5. The van der Waals surface area contributed by atoms with E-state index in [0.717, 1.165) is 12.1 Å². The molecular formula is C14H17ClF4N2O3. The molecule has 1 amide bonds. The number of carboxylic acids is 1. The molecule has 0 bridgehead atoms. The largest absolute Gasteiger partial charge is 0.481 e. The summed E-state index contributed by atoms with van der Waals surface area (Å²) in [7, 11) is 1.52. The van der Waals surface area contributed by atoms with Gasteiger partial charge in [0.2, 0.25) is 5.91 Å². The molecule has 0 saturated heterocycles. The van der Waals surface area contributed by atoms with Gasteiger partial charge in [-0.15, -0.1) is 12.4 Å². The number of carbonyl (C=O) groups is 2. The van der Waals surface area contributed by atoms with Crippen LogP contribution in [0.5, 0.6) is 0 Å². The van der Waals surface area contributed by atoms with Gasteiger partial charge in [-0.2, -0.15) is 13.2 Å². The molecule has 0 aliphatic carbocycles. The maximum absolute atomic E-state index is 13.0. The topological polar surface area (TPSA) is 69.6 Å². The first-order valence-electron chi connectivity index (χ1n) is 6.62. The summed E-state index contributed by atoms with van der Waals surface area (Å²) >= 11 is 0. The van der Waals surface area contributed by atoms with E-state index in [1.54, 1.807) is 0 Å². The van der Waals surface area contributed by atoms with Crippen LogP contribution < -0.4 is 5.32 Å². The molecule has 0 unspecified atom stereocenters. The average molecular weight is 373 g/mol. The normalized spacial score (nSPS) is 11.1. The molecule has 10 heteroatoms. The number of likely N-dealkylation sites (N-methyl/N-ethyl adjacent to an activating group) is 1. The fourth-order valence-corrected chi connectivity index (χ4v) is 1.83. The van der Waals surface area contributed by atoms with Crippen LogP contribution in [-0.2, 0) is 22.3 Å². The number of alkyl halides is 3. The zero-order valence-electron chi connectivity index (χ0n) is 12.7. The highest BCUT2D eigenvalue weighted by molar-refractivity contribution is 5.85. The number of halogens is 5. The molecule has 0 aliphatic rings. The van der Waals surface area contributed by atoms with Gasteiger partial charge in [0, 0.05) is 13.1 Å². The Kier molecular flexibility index (Phi) is 8.70. The zero-order chi connectivity index (χ0) is 17.6. The van der Waals surface area contributed by atoms with Crippen molar-refractivity contribution in [2.75, 3.05) is 20.1 Å². The van der Waals surface area contributed by atoms with Crippen molar-refractivity contribution in [3.63, 3.8) is 0 Å². The lowest BCUT2D eigenvalue weighted by Gasteiger charge is -2.16. The Labute approximate surface area is 142 Å². The van der Waals surface area contributed by atoms with Crippen LogP contribution in [0.3, 0.4) is 0 Å². The minimum absolute atomic E-state index is 0. The van der Waals surface area contributed by atoms with Gasteiger partial charge in [-0.1, -0.05) is 6.07 Å². The fraction of sp³-hybridized carbons (Fsp3) is 0.429. The molecule has 0 heterocycles. The van der Waals surface area contributed by atoms with E-state index >= 15 is 0 Å². The summed E-state index contributed by atoms with van der Waals surface area (Å²) in [6.07, 6.45) is -4.87. The number of hydrogen-bond donors (Lipinski definition) is 2. The first-order chi connectivity index (χ1) is 10.6. The average Bonchev–Trinajstić information content (AvgIpc) is 2.42. The SMILES string of the molecule is CN(CCC(=O)O)CC(=O)NCc1ccc(F)cc1C(F)(F)F.Cl. The number of amides is 1. The number of nitrogens with zero attached hydrogens (tertiary/aromatic N) is 1. The van der Waals surface area contributed by atoms with Crippen molar-refractivity contribution in [3.05, 3.63) is 35.1 Å². The van der Waals surface area contributed by atoms with Crippen LogP contribution >= 0.6 is 12.4 Å². The first-order valence-corrected chi connectivity index (χ1v) is 6.62. The quantitative estimate of drug-likeness (QED) is 0.721. The van der Waals surface area contributed by atoms with Gasteiger partial charge in [0.05, 0.1) is 18.5 Å². The second-order valence-corrected chi connectivity index (χ2v) is 4.96. The van der Waals surface area contributed by atoms with Crippen LogP contribution in [0.1, 0.15) is 17.5 Å². The van der Waals surface area contributed by atoms with E-state index in [1.165, 1.54) is 11.9 Å². The molecular weight excluding hydrogens is 356 g/mol. The second-order valence-electron chi connectivity index (χ2n) is 4.96. The third kappa shape index (κ3) is 7.60. The molecule has 2 N–H and O–H groups in total. The van der Waals surface area contributed by atoms with E-state index in [4.69, 9.17) is 5.11 Å². The molecule has 5 nitrogen and oxygen atoms in total. The summed E-state index contributed by atoms with van der Waals surface area (Å²) in [6.45, 7) is -0.427. The molecule has 24 heavy (non-hydrogen) atoms. The second kappa shape index (κ2) is 9.43. The van der Waals surface area contributed by atoms with Crippen LogP contribution in [-0.4, -0.2) is 42.0 Å². The van der Waals surface area contributed by atoms with Crippen molar-refractivity contribution < 1.29 is 32.3 Å². The Morgan fingerprint density at radius 1 is 1.29 bits per heavy atom. The highest BCUT2D eigenvalue weighted by Crippen LogP contribution is 2.32. The van der Waals surface area contributed by atoms with Gasteiger partial charge in [0.25, 0.3) is 0 Å². The van der Waals surface area contributed by atoms with Crippen molar-refractivity contribution in [3.8, 4) is 0 Å². The van der Waals surface area contributed by atoms with Gasteiger partial charge in [-0.3, -0.25) is 14.5 Å². The van der Waals surface area contributed by atoms with Gasteiger partial charge in [0.1, 0.15) is 5.82 Å². The number of aliphatic carboxylic acids is 1. The molecule has 1 aromatic rings. The number of hydrogen-bond acceptors (Lipinski definition) is 3.